The molecule has 1 unspecified atom stereocenters. The van der Waals surface area contributed by atoms with E-state index in [9.17, 15) is 18.8 Å². The van der Waals surface area contributed by atoms with Gasteiger partial charge in [-0.15, -0.1) is 0 Å². The number of hydrogen-bond donors (Lipinski definition) is 2. The Bertz CT molecular complexity index is 967. The second-order valence-electron chi connectivity index (χ2n) is 6.58. The Morgan fingerprint density at radius 3 is 2.59 bits per heavy atom. The van der Waals surface area contributed by atoms with Crippen LogP contribution in [-0.4, -0.2) is 35.9 Å². The number of carbonyl (C=O) groups excluding carboxylic acids is 3. The topological polar surface area (TPSA) is 87.7 Å². The lowest BCUT2D eigenvalue weighted by Gasteiger charge is -2.22. The van der Waals surface area contributed by atoms with Crippen molar-refractivity contribution in [1.82, 2.24) is 10.2 Å². The van der Waals surface area contributed by atoms with Crippen molar-refractivity contribution in [2.45, 2.75) is 19.4 Å². The first-order valence-corrected chi connectivity index (χ1v) is 9.24. The number of ether oxygens (including phenoxy) is 1. The molecule has 1 heterocycles. The molecule has 0 aliphatic carbocycles. The summed E-state index contributed by atoms with van der Waals surface area (Å²) in [7, 11) is 0. The Morgan fingerprint density at radius 2 is 1.93 bits per heavy atom. The standard InChI is InChI=1S/C20H19ClFN3O4/c1-3-29-16-9-6-13(21)10-15(16)23-17(26)11-25-18(27)20(2,24-19(25)28)12-4-7-14(22)8-5-12/h4-10H,3,11H2,1-2H3,(H,23,26)(H,24,28). The summed E-state index contributed by atoms with van der Waals surface area (Å²) >= 11 is 5.97. The van der Waals surface area contributed by atoms with Crippen LogP contribution < -0.4 is 15.4 Å². The molecule has 0 radical (unpaired) electrons. The van der Waals surface area contributed by atoms with E-state index in [0.29, 0.717) is 28.6 Å². The van der Waals surface area contributed by atoms with Gasteiger partial charge in [0.25, 0.3) is 5.91 Å². The quantitative estimate of drug-likeness (QED) is 0.703. The highest BCUT2D eigenvalue weighted by Gasteiger charge is 2.49. The monoisotopic (exact) mass is 419 g/mol. The van der Waals surface area contributed by atoms with Gasteiger partial charge in [-0.1, -0.05) is 23.7 Å². The fraction of sp³-hybridized carbons (Fsp3) is 0.250. The number of nitrogens with one attached hydrogen (secondary N) is 2. The molecule has 29 heavy (non-hydrogen) atoms. The highest BCUT2D eigenvalue weighted by molar-refractivity contribution is 6.31. The maximum Gasteiger partial charge on any atom is 0.325 e. The van der Waals surface area contributed by atoms with E-state index in [0.717, 1.165) is 4.90 Å². The first kappa shape index (κ1) is 20.6. The number of imide groups is 1. The fourth-order valence-corrected chi connectivity index (χ4v) is 3.21. The van der Waals surface area contributed by atoms with Crippen LogP contribution in [0.5, 0.6) is 5.75 Å². The van der Waals surface area contributed by atoms with Gasteiger partial charge in [0.1, 0.15) is 23.7 Å². The van der Waals surface area contributed by atoms with Gasteiger partial charge in [-0.05, 0) is 49.7 Å². The Labute approximate surface area is 171 Å². The van der Waals surface area contributed by atoms with E-state index in [1.807, 2.05) is 0 Å². The molecule has 1 fully saturated rings. The van der Waals surface area contributed by atoms with Crippen LogP contribution in [0.15, 0.2) is 42.5 Å². The van der Waals surface area contributed by atoms with Crippen LogP contribution in [0.3, 0.4) is 0 Å². The molecule has 1 aliphatic rings. The van der Waals surface area contributed by atoms with Gasteiger partial charge >= 0.3 is 6.03 Å². The smallest absolute Gasteiger partial charge is 0.325 e. The Hall–Kier alpha value is -3.13. The summed E-state index contributed by atoms with van der Waals surface area (Å²) < 4.78 is 18.6. The highest BCUT2D eigenvalue weighted by atomic mass is 35.5. The number of halogens is 2. The molecule has 2 N–H and O–H groups in total. The molecule has 1 atom stereocenters. The fourth-order valence-electron chi connectivity index (χ4n) is 3.03. The molecule has 0 bridgehead atoms. The van der Waals surface area contributed by atoms with Crippen molar-refractivity contribution in [1.29, 1.82) is 0 Å². The molecule has 0 spiro atoms. The summed E-state index contributed by atoms with van der Waals surface area (Å²) in [6.07, 6.45) is 0. The lowest BCUT2D eigenvalue weighted by Crippen LogP contribution is -2.42. The van der Waals surface area contributed by atoms with E-state index in [-0.39, 0.29) is 0 Å². The molecule has 1 saturated heterocycles. The molecule has 4 amide bonds. The van der Waals surface area contributed by atoms with E-state index >= 15 is 0 Å². The first-order valence-electron chi connectivity index (χ1n) is 8.87. The van der Waals surface area contributed by atoms with Gasteiger partial charge in [0.15, 0.2) is 0 Å². The van der Waals surface area contributed by atoms with Crippen LogP contribution in [0.1, 0.15) is 19.4 Å². The third-order valence-electron chi connectivity index (χ3n) is 4.51. The summed E-state index contributed by atoms with van der Waals surface area (Å²) in [4.78, 5) is 38.5. The Kier molecular flexibility index (Phi) is 5.74. The number of nitrogens with zero attached hydrogens (tertiary/aromatic N) is 1. The molecular weight excluding hydrogens is 401 g/mol. The predicted molar refractivity (Wildman–Crippen MR) is 105 cm³/mol. The van der Waals surface area contributed by atoms with Crippen LogP contribution in [0.25, 0.3) is 0 Å². The van der Waals surface area contributed by atoms with Crippen LogP contribution in [0.2, 0.25) is 5.02 Å². The van der Waals surface area contributed by atoms with Gasteiger partial charge in [-0.3, -0.25) is 14.5 Å². The molecular formula is C20H19ClFN3O4. The van der Waals surface area contributed by atoms with E-state index in [4.69, 9.17) is 16.3 Å². The van der Waals surface area contributed by atoms with Crippen molar-refractivity contribution in [3.8, 4) is 5.75 Å². The van der Waals surface area contributed by atoms with Crippen molar-refractivity contribution in [2.75, 3.05) is 18.5 Å². The van der Waals surface area contributed by atoms with E-state index in [1.54, 1.807) is 19.1 Å². The summed E-state index contributed by atoms with van der Waals surface area (Å²) in [6, 6.07) is 9.25. The van der Waals surface area contributed by atoms with Crippen molar-refractivity contribution >= 4 is 35.1 Å². The minimum Gasteiger partial charge on any atom is -0.492 e. The van der Waals surface area contributed by atoms with Gasteiger partial charge in [0.2, 0.25) is 5.91 Å². The molecule has 0 aromatic heterocycles. The number of urea groups is 1. The average molecular weight is 420 g/mol. The second kappa shape index (κ2) is 8.08. The number of rotatable bonds is 6. The van der Waals surface area contributed by atoms with Crippen molar-refractivity contribution < 1.29 is 23.5 Å². The zero-order valence-electron chi connectivity index (χ0n) is 15.8. The predicted octanol–water partition coefficient (Wildman–Crippen LogP) is 3.28. The van der Waals surface area contributed by atoms with Crippen molar-refractivity contribution in [3.05, 3.63) is 58.9 Å². The van der Waals surface area contributed by atoms with E-state index in [2.05, 4.69) is 10.6 Å². The van der Waals surface area contributed by atoms with Crippen LogP contribution >= 0.6 is 11.6 Å². The normalized spacial score (nSPS) is 18.6. The maximum absolute atomic E-state index is 13.2. The molecule has 1 aliphatic heterocycles. The first-order chi connectivity index (χ1) is 13.7. The second-order valence-corrected chi connectivity index (χ2v) is 7.01. The van der Waals surface area contributed by atoms with E-state index in [1.165, 1.54) is 37.3 Å². The minimum atomic E-state index is -1.39. The molecule has 7 nitrogen and oxygen atoms in total. The molecule has 9 heteroatoms. The summed E-state index contributed by atoms with van der Waals surface area (Å²) in [5, 5.41) is 5.56. The molecule has 152 valence electrons. The molecule has 2 aromatic carbocycles. The average Bonchev–Trinajstić information content (AvgIpc) is 2.88. The summed E-state index contributed by atoms with van der Waals surface area (Å²) in [5.74, 6) is -1.25. The maximum atomic E-state index is 13.2. The van der Waals surface area contributed by atoms with Gasteiger partial charge in [-0.25, -0.2) is 9.18 Å². The summed E-state index contributed by atoms with van der Waals surface area (Å²) in [5.41, 5.74) is -0.649. The van der Waals surface area contributed by atoms with Crippen LogP contribution in [0, 0.1) is 5.82 Å². The summed E-state index contributed by atoms with van der Waals surface area (Å²) in [6.45, 7) is 3.18. The van der Waals surface area contributed by atoms with E-state index < -0.39 is 35.7 Å². The molecule has 2 aromatic rings. The third kappa shape index (κ3) is 4.17. The number of carbonyl (C=O) groups is 3. The number of anilines is 1. The van der Waals surface area contributed by atoms with Crippen molar-refractivity contribution in [3.63, 3.8) is 0 Å². The molecule has 0 saturated carbocycles. The lowest BCUT2D eigenvalue weighted by molar-refractivity contribution is -0.133. The van der Waals surface area contributed by atoms with Gasteiger partial charge in [-0.2, -0.15) is 0 Å². The van der Waals surface area contributed by atoms with Gasteiger partial charge in [0, 0.05) is 5.02 Å². The number of hydrogen-bond acceptors (Lipinski definition) is 4. The highest BCUT2D eigenvalue weighted by Crippen LogP contribution is 2.30. The Morgan fingerprint density at radius 1 is 1.24 bits per heavy atom. The number of amides is 4. The Balaban J connectivity index is 1.76. The largest absolute Gasteiger partial charge is 0.492 e. The SMILES string of the molecule is CCOc1ccc(Cl)cc1NC(=O)CN1C(=O)NC(C)(c2ccc(F)cc2)C1=O. The van der Waals surface area contributed by atoms with Crippen LogP contribution in [0.4, 0.5) is 14.9 Å². The van der Waals surface area contributed by atoms with Crippen LogP contribution in [-0.2, 0) is 15.1 Å². The van der Waals surface area contributed by atoms with Gasteiger partial charge < -0.3 is 15.4 Å². The van der Waals surface area contributed by atoms with Gasteiger partial charge in [0.05, 0.1) is 12.3 Å². The lowest BCUT2D eigenvalue weighted by atomic mass is 9.92. The zero-order valence-corrected chi connectivity index (χ0v) is 16.5. The molecule has 3 rings (SSSR count). The number of benzene rings is 2. The third-order valence-corrected chi connectivity index (χ3v) is 4.75. The minimum absolute atomic E-state index is 0.331. The van der Waals surface area contributed by atoms with Crippen molar-refractivity contribution in [2.24, 2.45) is 0 Å². The zero-order chi connectivity index (χ0) is 21.2.